The van der Waals surface area contributed by atoms with Crippen molar-refractivity contribution in [1.82, 2.24) is 0 Å². The summed E-state index contributed by atoms with van der Waals surface area (Å²) in [6, 6.07) is 12.9. The number of rotatable bonds is 8. The third-order valence-corrected chi connectivity index (χ3v) is 4.67. The SMILES string of the molecule is CCOc1cc(/C=C/C(=O)c2ccc(OC)cc2)ccc1OC1CCCC1. The average molecular weight is 366 g/mol. The van der Waals surface area contributed by atoms with Crippen molar-refractivity contribution in [3.05, 3.63) is 59.7 Å². The Labute approximate surface area is 160 Å². The molecule has 0 saturated heterocycles. The summed E-state index contributed by atoms with van der Waals surface area (Å²) in [4.78, 5) is 12.3. The van der Waals surface area contributed by atoms with Gasteiger partial charge in [-0.2, -0.15) is 0 Å². The van der Waals surface area contributed by atoms with Crippen LogP contribution < -0.4 is 14.2 Å². The topological polar surface area (TPSA) is 44.8 Å². The van der Waals surface area contributed by atoms with Crippen molar-refractivity contribution in [3.8, 4) is 17.2 Å². The molecular formula is C23H26O4. The quantitative estimate of drug-likeness (QED) is 0.469. The van der Waals surface area contributed by atoms with Crippen LogP contribution in [0.4, 0.5) is 0 Å². The number of methoxy groups -OCH3 is 1. The number of benzene rings is 2. The van der Waals surface area contributed by atoms with Gasteiger partial charge in [-0.1, -0.05) is 12.1 Å². The first-order chi connectivity index (χ1) is 13.2. The number of hydrogen-bond donors (Lipinski definition) is 0. The maximum atomic E-state index is 12.3. The molecule has 1 fully saturated rings. The molecule has 0 heterocycles. The Morgan fingerprint density at radius 2 is 1.81 bits per heavy atom. The van der Waals surface area contributed by atoms with Crippen LogP contribution in [0.25, 0.3) is 6.08 Å². The molecule has 0 aromatic heterocycles. The Kier molecular flexibility index (Phi) is 6.53. The van der Waals surface area contributed by atoms with Crippen molar-refractivity contribution < 1.29 is 19.0 Å². The van der Waals surface area contributed by atoms with Gasteiger partial charge in [0.1, 0.15) is 5.75 Å². The van der Waals surface area contributed by atoms with Crippen molar-refractivity contribution in [2.75, 3.05) is 13.7 Å². The fourth-order valence-electron chi connectivity index (χ4n) is 3.20. The lowest BCUT2D eigenvalue weighted by Gasteiger charge is -2.17. The van der Waals surface area contributed by atoms with E-state index >= 15 is 0 Å². The van der Waals surface area contributed by atoms with Gasteiger partial charge in [0.15, 0.2) is 17.3 Å². The number of hydrogen-bond acceptors (Lipinski definition) is 4. The predicted molar refractivity (Wildman–Crippen MR) is 107 cm³/mol. The average Bonchev–Trinajstić information content (AvgIpc) is 3.21. The molecule has 4 heteroatoms. The summed E-state index contributed by atoms with van der Waals surface area (Å²) in [6.07, 6.45) is 8.31. The van der Waals surface area contributed by atoms with Crippen LogP contribution in [0.1, 0.15) is 48.5 Å². The first kappa shape index (κ1) is 19.0. The highest BCUT2D eigenvalue weighted by atomic mass is 16.5. The minimum Gasteiger partial charge on any atom is -0.497 e. The molecule has 0 aliphatic heterocycles. The van der Waals surface area contributed by atoms with Crippen LogP contribution in [0, 0.1) is 0 Å². The van der Waals surface area contributed by atoms with Gasteiger partial charge in [0, 0.05) is 5.56 Å². The molecule has 2 aromatic rings. The molecule has 0 radical (unpaired) electrons. The maximum absolute atomic E-state index is 12.3. The van der Waals surface area contributed by atoms with Gasteiger partial charge in [-0.15, -0.1) is 0 Å². The fourth-order valence-corrected chi connectivity index (χ4v) is 3.20. The molecule has 0 atom stereocenters. The van der Waals surface area contributed by atoms with Crippen LogP contribution >= 0.6 is 0 Å². The van der Waals surface area contributed by atoms with Gasteiger partial charge >= 0.3 is 0 Å². The molecular weight excluding hydrogens is 340 g/mol. The van der Waals surface area contributed by atoms with Crippen molar-refractivity contribution in [1.29, 1.82) is 0 Å². The summed E-state index contributed by atoms with van der Waals surface area (Å²) >= 11 is 0. The first-order valence-electron chi connectivity index (χ1n) is 9.49. The highest BCUT2D eigenvalue weighted by Crippen LogP contribution is 2.33. The smallest absolute Gasteiger partial charge is 0.185 e. The van der Waals surface area contributed by atoms with Crippen molar-refractivity contribution in [2.45, 2.75) is 38.7 Å². The zero-order chi connectivity index (χ0) is 19.1. The van der Waals surface area contributed by atoms with E-state index in [9.17, 15) is 4.79 Å². The molecule has 0 unspecified atom stereocenters. The second kappa shape index (κ2) is 9.26. The molecule has 0 bridgehead atoms. The normalized spacial score (nSPS) is 14.4. The number of carbonyl (C=O) groups excluding carboxylic acids is 1. The van der Waals surface area contributed by atoms with E-state index < -0.39 is 0 Å². The molecule has 1 saturated carbocycles. The van der Waals surface area contributed by atoms with E-state index in [2.05, 4.69) is 0 Å². The third-order valence-electron chi connectivity index (χ3n) is 4.67. The molecule has 0 amide bonds. The Balaban J connectivity index is 1.72. The fraction of sp³-hybridized carbons (Fsp3) is 0.348. The molecule has 2 aromatic carbocycles. The van der Waals surface area contributed by atoms with E-state index in [1.807, 2.05) is 25.1 Å². The van der Waals surface area contributed by atoms with Crippen LogP contribution in [-0.2, 0) is 0 Å². The largest absolute Gasteiger partial charge is 0.497 e. The number of allylic oxidation sites excluding steroid dienone is 1. The summed E-state index contributed by atoms with van der Waals surface area (Å²) < 4.78 is 17.0. The standard InChI is InChI=1S/C23H26O4/c1-3-26-23-16-17(9-15-22(23)27-20-6-4-5-7-20)8-14-21(24)18-10-12-19(25-2)13-11-18/h8-16,20H,3-7H2,1-2H3/b14-8+. The predicted octanol–water partition coefficient (Wildman–Crippen LogP) is 5.31. The monoisotopic (exact) mass is 366 g/mol. The van der Waals surface area contributed by atoms with E-state index in [0.717, 1.165) is 35.7 Å². The zero-order valence-electron chi connectivity index (χ0n) is 15.9. The molecule has 4 nitrogen and oxygen atoms in total. The maximum Gasteiger partial charge on any atom is 0.185 e. The van der Waals surface area contributed by atoms with Gasteiger partial charge in [0.2, 0.25) is 0 Å². The minimum absolute atomic E-state index is 0.0538. The Morgan fingerprint density at radius 3 is 2.48 bits per heavy atom. The number of ketones is 1. The van der Waals surface area contributed by atoms with Gasteiger partial charge in [-0.25, -0.2) is 0 Å². The summed E-state index contributed by atoms with van der Waals surface area (Å²) in [6.45, 7) is 2.52. The number of ether oxygens (including phenoxy) is 3. The Morgan fingerprint density at radius 1 is 1.07 bits per heavy atom. The lowest BCUT2D eigenvalue weighted by molar-refractivity contribution is 0.104. The van der Waals surface area contributed by atoms with Gasteiger partial charge in [-0.3, -0.25) is 4.79 Å². The number of carbonyl (C=O) groups is 1. The van der Waals surface area contributed by atoms with Crippen LogP contribution in [0.15, 0.2) is 48.5 Å². The van der Waals surface area contributed by atoms with Gasteiger partial charge in [-0.05, 0) is 80.6 Å². The third kappa shape index (κ3) is 5.13. The minimum atomic E-state index is -0.0538. The van der Waals surface area contributed by atoms with E-state index in [1.54, 1.807) is 43.5 Å². The van der Waals surface area contributed by atoms with E-state index in [0.29, 0.717) is 12.2 Å². The second-order valence-electron chi connectivity index (χ2n) is 6.59. The lowest BCUT2D eigenvalue weighted by Crippen LogP contribution is -2.11. The molecule has 1 aliphatic carbocycles. The lowest BCUT2D eigenvalue weighted by atomic mass is 10.1. The van der Waals surface area contributed by atoms with Crippen LogP contribution in [0.5, 0.6) is 17.2 Å². The van der Waals surface area contributed by atoms with E-state index in [4.69, 9.17) is 14.2 Å². The second-order valence-corrected chi connectivity index (χ2v) is 6.59. The zero-order valence-corrected chi connectivity index (χ0v) is 15.9. The molecule has 3 rings (SSSR count). The molecule has 1 aliphatic rings. The van der Waals surface area contributed by atoms with Crippen molar-refractivity contribution in [3.63, 3.8) is 0 Å². The summed E-state index contributed by atoms with van der Waals surface area (Å²) in [5.74, 6) is 2.18. The molecule has 27 heavy (non-hydrogen) atoms. The summed E-state index contributed by atoms with van der Waals surface area (Å²) in [5.41, 5.74) is 1.53. The van der Waals surface area contributed by atoms with E-state index in [-0.39, 0.29) is 11.9 Å². The summed E-state index contributed by atoms with van der Waals surface area (Å²) in [5, 5.41) is 0. The molecule has 142 valence electrons. The van der Waals surface area contributed by atoms with Gasteiger partial charge in [0.25, 0.3) is 0 Å². The molecule has 0 spiro atoms. The van der Waals surface area contributed by atoms with Crippen LogP contribution in [0.2, 0.25) is 0 Å². The van der Waals surface area contributed by atoms with Crippen LogP contribution in [-0.4, -0.2) is 25.6 Å². The molecule has 0 N–H and O–H groups in total. The van der Waals surface area contributed by atoms with Crippen LogP contribution in [0.3, 0.4) is 0 Å². The van der Waals surface area contributed by atoms with Gasteiger partial charge in [0.05, 0.1) is 19.8 Å². The van der Waals surface area contributed by atoms with Crippen molar-refractivity contribution >= 4 is 11.9 Å². The highest BCUT2D eigenvalue weighted by molar-refractivity contribution is 6.06. The van der Waals surface area contributed by atoms with Crippen molar-refractivity contribution in [2.24, 2.45) is 0 Å². The highest BCUT2D eigenvalue weighted by Gasteiger charge is 2.18. The van der Waals surface area contributed by atoms with E-state index in [1.165, 1.54) is 12.8 Å². The first-order valence-corrected chi connectivity index (χ1v) is 9.49. The van der Waals surface area contributed by atoms with Gasteiger partial charge < -0.3 is 14.2 Å². The Hall–Kier alpha value is -2.75. The summed E-state index contributed by atoms with van der Waals surface area (Å²) in [7, 11) is 1.60. The Bertz CT molecular complexity index is 787.